The van der Waals surface area contributed by atoms with E-state index < -0.39 is 5.97 Å². The summed E-state index contributed by atoms with van der Waals surface area (Å²) in [6.07, 6.45) is 3.77. The Balaban J connectivity index is 2.17. The van der Waals surface area contributed by atoms with Crippen molar-refractivity contribution < 1.29 is 9.53 Å². The molecule has 1 aromatic heterocycles. The first kappa shape index (κ1) is 11.2. The molecule has 1 aromatic rings. The topological polar surface area (TPSA) is 51.2 Å². The van der Waals surface area contributed by atoms with Crippen LogP contribution in [-0.2, 0) is 4.74 Å². The second-order valence-electron chi connectivity index (χ2n) is 3.69. The summed E-state index contributed by atoms with van der Waals surface area (Å²) in [7, 11) is 0. The van der Waals surface area contributed by atoms with Crippen LogP contribution in [0.4, 0.5) is 5.82 Å². The fourth-order valence-electron chi connectivity index (χ4n) is 1.32. The van der Waals surface area contributed by atoms with Gasteiger partial charge in [0.15, 0.2) is 0 Å². The predicted octanol–water partition coefficient (Wildman–Crippen LogP) is 2.49. The van der Waals surface area contributed by atoms with E-state index in [4.69, 9.17) is 16.3 Å². The highest BCUT2D eigenvalue weighted by molar-refractivity contribution is 6.33. The zero-order chi connectivity index (χ0) is 11.5. The lowest BCUT2D eigenvalue weighted by atomic mass is 10.2. The Morgan fingerprint density at radius 2 is 2.44 bits per heavy atom. The third-order valence-electron chi connectivity index (χ3n) is 2.28. The van der Waals surface area contributed by atoms with Gasteiger partial charge in [-0.25, -0.2) is 9.78 Å². The number of nitrogens with one attached hydrogen (secondary N) is 1. The van der Waals surface area contributed by atoms with Crippen LogP contribution in [0.5, 0.6) is 0 Å². The largest absolute Gasteiger partial charge is 0.462 e. The van der Waals surface area contributed by atoms with Gasteiger partial charge >= 0.3 is 5.97 Å². The number of carbonyl (C=O) groups is 1. The first-order chi connectivity index (χ1) is 7.70. The lowest BCUT2D eigenvalue weighted by Gasteiger charge is -2.07. The van der Waals surface area contributed by atoms with Crippen molar-refractivity contribution in [1.82, 2.24) is 4.98 Å². The van der Waals surface area contributed by atoms with E-state index in [0.717, 1.165) is 12.8 Å². The van der Waals surface area contributed by atoms with E-state index in [1.165, 1.54) is 6.20 Å². The molecule has 1 heterocycles. The molecule has 1 aliphatic rings. The van der Waals surface area contributed by atoms with Crippen LogP contribution in [0.2, 0.25) is 5.02 Å². The van der Waals surface area contributed by atoms with Crippen molar-refractivity contribution in [2.45, 2.75) is 25.8 Å². The third-order valence-corrected chi connectivity index (χ3v) is 2.58. The number of carbonyl (C=O) groups excluding carboxylic acids is 1. The van der Waals surface area contributed by atoms with Crippen LogP contribution in [-0.4, -0.2) is 23.6 Å². The molecule has 0 atom stereocenters. The normalized spacial score (nSPS) is 14.6. The molecule has 1 aliphatic carbocycles. The summed E-state index contributed by atoms with van der Waals surface area (Å²) >= 11 is 5.89. The number of rotatable bonds is 4. The Labute approximate surface area is 99.0 Å². The van der Waals surface area contributed by atoms with E-state index in [1.54, 1.807) is 13.0 Å². The molecule has 5 heteroatoms. The Hall–Kier alpha value is -1.29. The fraction of sp³-hybridized carbons (Fsp3) is 0.455. The first-order valence-electron chi connectivity index (χ1n) is 5.30. The summed E-state index contributed by atoms with van der Waals surface area (Å²) < 4.78 is 4.91. The van der Waals surface area contributed by atoms with Crippen molar-refractivity contribution >= 4 is 23.4 Å². The maximum absolute atomic E-state index is 11.6. The lowest BCUT2D eigenvalue weighted by Crippen LogP contribution is -2.08. The van der Waals surface area contributed by atoms with Crippen LogP contribution in [0.15, 0.2) is 12.3 Å². The second kappa shape index (κ2) is 4.70. The van der Waals surface area contributed by atoms with Gasteiger partial charge in [-0.3, -0.25) is 0 Å². The van der Waals surface area contributed by atoms with E-state index in [2.05, 4.69) is 10.3 Å². The molecule has 0 amide bonds. The summed E-state index contributed by atoms with van der Waals surface area (Å²) in [4.78, 5) is 15.7. The molecule has 1 saturated carbocycles. The highest BCUT2D eigenvalue weighted by Gasteiger charge is 2.22. The van der Waals surface area contributed by atoms with Gasteiger partial charge in [-0.2, -0.15) is 0 Å². The zero-order valence-electron chi connectivity index (χ0n) is 9.00. The Bertz CT molecular complexity index is 405. The van der Waals surface area contributed by atoms with Crippen molar-refractivity contribution in [3.63, 3.8) is 0 Å². The molecule has 4 nitrogen and oxygen atoms in total. The molecule has 0 spiro atoms. The smallest absolute Gasteiger partial charge is 0.339 e. The number of aromatic nitrogens is 1. The molecule has 0 aliphatic heterocycles. The first-order valence-corrected chi connectivity index (χ1v) is 5.67. The van der Waals surface area contributed by atoms with Crippen LogP contribution < -0.4 is 5.32 Å². The third kappa shape index (κ3) is 2.64. The Kier molecular flexibility index (Phi) is 3.29. The number of esters is 1. The van der Waals surface area contributed by atoms with Gasteiger partial charge in [-0.1, -0.05) is 11.6 Å². The summed E-state index contributed by atoms with van der Waals surface area (Å²) in [6.45, 7) is 2.10. The van der Waals surface area contributed by atoms with Gasteiger partial charge in [0, 0.05) is 12.2 Å². The molecule has 1 N–H and O–H groups in total. The van der Waals surface area contributed by atoms with E-state index in [1.807, 2.05) is 0 Å². The van der Waals surface area contributed by atoms with Gasteiger partial charge in [0.2, 0.25) is 0 Å². The number of ether oxygens (including phenoxy) is 1. The second-order valence-corrected chi connectivity index (χ2v) is 4.10. The van der Waals surface area contributed by atoms with Gasteiger partial charge in [-0.05, 0) is 25.8 Å². The summed E-state index contributed by atoms with van der Waals surface area (Å²) in [5.74, 6) is 0.267. The average molecular weight is 241 g/mol. The monoisotopic (exact) mass is 240 g/mol. The number of nitrogens with zero attached hydrogens (tertiary/aromatic N) is 1. The van der Waals surface area contributed by atoms with Crippen LogP contribution in [0.1, 0.15) is 30.1 Å². The van der Waals surface area contributed by atoms with Gasteiger partial charge < -0.3 is 10.1 Å². The zero-order valence-corrected chi connectivity index (χ0v) is 9.75. The van der Waals surface area contributed by atoms with Crippen molar-refractivity contribution in [3.05, 3.63) is 22.8 Å². The molecule has 0 unspecified atom stereocenters. The van der Waals surface area contributed by atoms with Crippen molar-refractivity contribution in [1.29, 1.82) is 0 Å². The molecular formula is C11H13ClN2O2. The fourth-order valence-corrected chi connectivity index (χ4v) is 1.50. The molecule has 86 valence electrons. The van der Waals surface area contributed by atoms with Gasteiger partial charge in [0.05, 0.1) is 17.2 Å². The maximum Gasteiger partial charge on any atom is 0.339 e. The minimum Gasteiger partial charge on any atom is -0.462 e. The Morgan fingerprint density at radius 1 is 1.69 bits per heavy atom. The van der Waals surface area contributed by atoms with Crippen molar-refractivity contribution in [3.8, 4) is 0 Å². The van der Waals surface area contributed by atoms with Crippen LogP contribution in [0, 0.1) is 0 Å². The van der Waals surface area contributed by atoms with Crippen molar-refractivity contribution in [2.24, 2.45) is 0 Å². The summed E-state index contributed by atoms with van der Waals surface area (Å²) in [6, 6.07) is 2.13. The highest BCUT2D eigenvalue weighted by atomic mass is 35.5. The van der Waals surface area contributed by atoms with E-state index in [-0.39, 0.29) is 0 Å². The van der Waals surface area contributed by atoms with Gasteiger partial charge in [0.1, 0.15) is 5.82 Å². The van der Waals surface area contributed by atoms with Gasteiger partial charge in [-0.15, -0.1) is 0 Å². The average Bonchev–Trinajstić information content (AvgIpc) is 3.05. The van der Waals surface area contributed by atoms with E-state index in [0.29, 0.717) is 29.1 Å². The molecule has 0 aromatic carbocycles. The van der Waals surface area contributed by atoms with E-state index in [9.17, 15) is 4.79 Å². The van der Waals surface area contributed by atoms with Crippen LogP contribution in [0.3, 0.4) is 0 Å². The maximum atomic E-state index is 11.6. The molecule has 16 heavy (non-hydrogen) atoms. The van der Waals surface area contributed by atoms with E-state index >= 15 is 0 Å². The molecule has 0 saturated heterocycles. The van der Waals surface area contributed by atoms with Crippen LogP contribution >= 0.6 is 11.6 Å². The standard InChI is InChI=1S/C11H13ClN2O2/c1-2-16-11(15)8-5-10(13-6-9(8)12)14-7-3-4-7/h5-7H,2-4H2,1H3,(H,13,14). The quantitative estimate of drug-likeness (QED) is 0.822. The molecular weight excluding hydrogens is 228 g/mol. The SMILES string of the molecule is CCOC(=O)c1cc(NC2CC2)ncc1Cl. The minimum atomic E-state index is -0.409. The van der Waals surface area contributed by atoms with Crippen LogP contribution in [0.25, 0.3) is 0 Å². The highest BCUT2D eigenvalue weighted by Crippen LogP contribution is 2.25. The molecule has 0 bridgehead atoms. The number of anilines is 1. The predicted molar refractivity (Wildman–Crippen MR) is 61.8 cm³/mol. The van der Waals surface area contributed by atoms with Crippen molar-refractivity contribution in [2.75, 3.05) is 11.9 Å². The lowest BCUT2D eigenvalue weighted by molar-refractivity contribution is 0.0526. The van der Waals surface area contributed by atoms with Gasteiger partial charge in [0.25, 0.3) is 0 Å². The summed E-state index contributed by atoms with van der Waals surface area (Å²) in [5, 5.41) is 3.52. The number of halogens is 1. The number of pyridine rings is 1. The molecule has 1 fully saturated rings. The number of hydrogen-bond donors (Lipinski definition) is 1. The molecule has 0 radical (unpaired) electrons. The summed E-state index contributed by atoms with van der Waals surface area (Å²) in [5.41, 5.74) is 0.363. The molecule has 2 rings (SSSR count). The minimum absolute atomic E-state index is 0.319. The Morgan fingerprint density at radius 3 is 3.06 bits per heavy atom. The number of hydrogen-bond acceptors (Lipinski definition) is 4.